The van der Waals surface area contributed by atoms with Crippen LogP contribution in [0.3, 0.4) is 0 Å². The number of rotatable bonds is 16. The third kappa shape index (κ3) is 11.6. The Morgan fingerprint density at radius 3 is 2.13 bits per heavy atom. The molecule has 39 heavy (non-hydrogen) atoms. The third-order valence-electron chi connectivity index (χ3n) is 6.62. The molecular formula is C29H41N5O5. The fraction of sp³-hybridized carbons (Fsp3) is 0.483. The average Bonchev–Trinajstić information content (AvgIpc) is 2.94. The van der Waals surface area contributed by atoms with E-state index in [1.54, 1.807) is 36.0 Å². The highest BCUT2D eigenvalue weighted by Crippen LogP contribution is 2.29. The lowest BCUT2D eigenvalue weighted by molar-refractivity contribution is -0.131. The lowest BCUT2D eigenvalue weighted by Crippen LogP contribution is -2.32. The number of benzene rings is 1. The van der Waals surface area contributed by atoms with Crippen LogP contribution in [0.1, 0.15) is 55.6 Å². The SMILES string of the molecule is CN(CCOc1ccc(C=O)nc1)C(=O)CCC(C)(C)CCC(=O)N(C)CCc1ccc(NC(=O)CN)cc1. The van der Waals surface area contributed by atoms with Crippen molar-refractivity contribution in [3.05, 3.63) is 53.9 Å². The first-order valence-electron chi connectivity index (χ1n) is 13.1. The molecule has 0 radical (unpaired) electrons. The molecule has 3 amide bonds. The molecule has 0 saturated heterocycles. The van der Waals surface area contributed by atoms with E-state index >= 15 is 0 Å². The molecular weight excluding hydrogens is 498 g/mol. The highest BCUT2D eigenvalue weighted by Gasteiger charge is 2.22. The molecule has 0 unspecified atom stereocenters. The van der Waals surface area contributed by atoms with Crippen molar-refractivity contribution in [2.45, 2.75) is 46.0 Å². The van der Waals surface area contributed by atoms with E-state index in [1.165, 1.54) is 6.20 Å². The maximum Gasteiger partial charge on any atom is 0.238 e. The summed E-state index contributed by atoms with van der Waals surface area (Å²) in [6.07, 6.45) is 5.04. The van der Waals surface area contributed by atoms with Crippen LogP contribution in [0.4, 0.5) is 5.69 Å². The molecule has 0 fully saturated rings. The summed E-state index contributed by atoms with van der Waals surface area (Å²) >= 11 is 0. The zero-order valence-electron chi connectivity index (χ0n) is 23.4. The fourth-order valence-electron chi connectivity index (χ4n) is 3.76. The average molecular weight is 540 g/mol. The zero-order chi connectivity index (χ0) is 28.8. The van der Waals surface area contributed by atoms with Gasteiger partial charge in [-0.25, -0.2) is 4.98 Å². The zero-order valence-corrected chi connectivity index (χ0v) is 23.4. The Bertz CT molecular complexity index is 1090. The van der Waals surface area contributed by atoms with E-state index in [-0.39, 0.29) is 29.7 Å². The number of aromatic nitrogens is 1. The number of nitrogens with zero attached hydrogens (tertiary/aromatic N) is 3. The van der Waals surface area contributed by atoms with Crippen molar-refractivity contribution in [2.75, 3.05) is 45.7 Å². The Morgan fingerprint density at radius 2 is 1.59 bits per heavy atom. The number of nitrogens with one attached hydrogen (secondary N) is 1. The predicted octanol–water partition coefficient (Wildman–Crippen LogP) is 2.92. The number of ether oxygens (including phenoxy) is 1. The van der Waals surface area contributed by atoms with Gasteiger partial charge in [0.25, 0.3) is 0 Å². The van der Waals surface area contributed by atoms with Gasteiger partial charge in [-0.1, -0.05) is 26.0 Å². The van der Waals surface area contributed by atoms with Crippen LogP contribution in [0.15, 0.2) is 42.6 Å². The lowest BCUT2D eigenvalue weighted by Gasteiger charge is -2.27. The molecule has 3 N–H and O–H groups in total. The van der Waals surface area contributed by atoms with Gasteiger partial charge in [-0.15, -0.1) is 0 Å². The molecule has 212 valence electrons. The Kier molecular flexibility index (Phi) is 12.6. The van der Waals surface area contributed by atoms with E-state index in [0.717, 1.165) is 5.56 Å². The molecule has 0 bridgehead atoms. The Labute approximate surface area is 230 Å². The van der Waals surface area contributed by atoms with Crippen molar-refractivity contribution in [3.63, 3.8) is 0 Å². The first-order chi connectivity index (χ1) is 18.5. The minimum Gasteiger partial charge on any atom is -0.490 e. The van der Waals surface area contributed by atoms with Crippen LogP contribution in [-0.4, -0.2) is 79.1 Å². The van der Waals surface area contributed by atoms with Gasteiger partial charge in [-0.3, -0.25) is 19.2 Å². The molecule has 10 nitrogen and oxygen atoms in total. The van der Waals surface area contributed by atoms with Crippen LogP contribution in [0.2, 0.25) is 0 Å². The topological polar surface area (TPSA) is 135 Å². The maximum absolute atomic E-state index is 12.7. The molecule has 1 heterocycles. The number of carbonyl (C=O) groups excluding carboxylic acids is 4. The number of hydrogen-bond acceptors (Lipinski definition) is 7. The van der Waals surface area contributed by atoms with E-state index < -0.39 is 0 Å². The molecule has 1 aromatic heterocycles. The van der Waals surface area contributed by atoms with Crippen molar-refractivity contribution in [2.24, 2.45) is 11.1 Å². The molecule has 2 aromatic rings. The first kappa shape index (κ1) is 31.4. The number of carbonyl (C=O) groups is 4. The molecule has 0 aliphatic carbocycles. The van der Waals surface area contributed by atoms with Gasteiger partial charge in [0.05, 0.1) is 19.3 Å². The van der Waals surface area contributed by atoms with Crippen LogP contribution in [0.25, 0.3) is 0 Å². The van der Waals surface area contributed by atoms with Gasteiger partial charge in [0, 0.05) is 39.2 Å². The van der Waals surface area contributed by atoms with Gasteiger partial charge < -0.3 is 25.6 Å². The molecule has 0 spiro atoms. The van der Waals surface area contributed by atoms with Crippen molar-refractivity contribution in [1.82, 2.24) is 14.8 Å². The Morgan fingerprint density at radius 1 is 0.974 bits per heavy atom. The van der Waals surface area contributed by atoms with Crippen LogP contribution in [0.5, 0.6) is 5.75 Å². The van der Waals surface area contributed by atoms with Crippen molar-refractivity contribution < 1.29 is 23.9 Å². The normalized spacial score (nSPS) is 11.0. The van der Waals surface area contributed by atoms with Crippen LogP contribution in [-0.2, 0) is 20.8 Å². The first-order valence-corrected chi connectivity index (χ1v) is 13.1. The number of nitrogens with two attached hydrogens (primary N) is 1. The van der Waals surface area contributed by atoms with Crippen molar-refractivity contribution in [1.29, 1.82) is 0 Å². The monoisotopic (exact) mass is 539 g/mol. The number of anilines is 1. The Balaban J connectivity index is 1.66. The van der Waals surface area contributed by atoms with Gasteiger partial charge >= 0.3 is 0 Å². The Hall–Kier alpha value is -3.79. The minimum atomic E-state index is -0.240. The fourth-order valence-corrected chi connectivity index (χ4v) is 3.76. The maximum atomic E-state index is 12.7. The van der Waals surface area contributed by atoms with E-state index in [1.807, 2.05) is 24.3 Å². The summed E-state index contributed by atoms with van der Waals surface area (Å²) in [5, 5.41) is 2.71. The summed E-state index contributed by atoms with van der Waals surface area (Å²) in [5.41, 5.74) is 7.26. The number of pyridine rings is 1. The standard InChI is InChI=1S/C29H41N5O5/c1-29(2,15-12-28(38)34(4)17-18-39-25-10-9-24(21-35)31-20-25)14-11-27(37)33(3)16-13-22-5-7-23(8-6-22)32-26(36)19-30/h5-10,20-21H,11-19,30H2,1-4H3,(H,32,36). The highest BCUT2D eigenvalue weighted by molar-refractivity contribution is 5.92. The summed E-state index contributed by atoms with van der Waals surface area (Å²) in [6, 6.07) is 10.8. The van der Waals surface area contributed by atoms with E-state index in [4.69, 9.17) is 10.5 Å². The second kappa shape index (κ2) is 15.6. The van der Waals surface area contributed by atoms with Crippen LogP contribution < -0.4 is 15.8 Å². The molecule has 2 rings (SSSR count). The quantitative estimate of drug-likeness (QED) is 0.313. The third-order valence-corrected chi connectivity index (χ3v) is 6.62. The predicted molar refractivity (Wildman–Crippen MR) is 150 cm³/mol. The summed E-state index contributed by atoms with van der Waals surface area (Å²) < 4.78 is 5.60. The molecule has 0 aliphatic rings. The number of amides is 3. The minimum absolute atomic E-state index is 0.0261. The number of likely N-dealkylation sites (N-methyl/N-ethyl adjacent to an activating group) is 2. The van der Waals surface area contributed by atoms with E-state index in [9.17, 15) is 19.2 Å². The summed E-state index contributed by atoms with van der Waals surface area (Å²) in [5.74, 6) is 0.406. The smallest absolute Gasteiger partial charge is 0.238 e. The van der Waals surface area contributed by atoms with Gasteiger partial charge in [-0.05, 0) is 54.5 Å². The van der Waals surface area contributed by atoms with Crippen molar-refractivity contribution >= 4 is 29.7 Å². The second-order valence-corrected chi connectivity index (χ2v) is 10.4. The molecule has 0 aliphatic heterocycles. The van der Waals surface area contributed by atoms with E-state index in [0.29, 0.717) is 75.2 Å². The summed E-state index contributed by atoms with van der Waals surface area (Å²) in [4.78, 5) is 54.7. The molecule has 1 aromatic carbocycles. The van der Waals surface area contributed by atoms with Gasteiger partial charge in [0.15, 0.2) is 6.29 Å². The number of aldehydes is 1. The second-order valence-electron chi connectivity index (χ2n) is 10.4. The molecule has 0 saturated carbocycles. The van der Waals surface area contributed by atoms with Crippen molar-refractivity contribution in [3.8, 4) is 5.75 Å². The van der Waals surface area contributed by atoms with E-state index in [2.05, 4.69) is 24.1 Å². The molecule has 0 atom stereocenters. The lowest BCUT2D eigenvalue weighted by atomic mass is 9.83. The molecule has 10 heteroatoms. The summed E-state index contributed by atoms with van der Waals surface area (Å²) in [6.45, 7) is 5.45. The van der Waals surface area contributed by atoms with Gasteiger partial charge in [0.1, 0.15) is 18.1 Å². The van der Waals surface area contributed by atoms with Crippen LogP contribution >= 0.6 is 0 Å². The highest BCUT2D eigenvalue weighted by atomic mass is 16.5. The van der Waals surface area contributed by atoms with Crippen LogP contribution in [0, 0.1) is 5.41 Å². The number of hydrogen-bond donors (Lipinski definition) is 2. The van der Waals surface area contributed by atoms with Gasteiger partial charge in [-0.2, -0.15) is 0 Å². The van der Waals surface area contributed by atoms with Gasteiger partial charge in [0.2, 0.25) is 17.7 Å². The largest absolute Gasteiger partial charge is 0.490 e. The summed E-state index contributed by atoms with van der Waals surface area (Å²) in [7, 11) is 3.55.